The predicted molar refractivity (Wildman–Crippen MR) is 59.1 cm³/mol. The lowest BCUT2D eigenvalue weighted by molar-refractivity contribution is -0.00980. The Morgan fingerprint density at radius 3 is 2.50 bits per heavy atom. The molecule has 0 bridgehead atoms. The molecule has 1 unspecified atom stereocenters. The van der Waals surface area contributed by atoms with Gasteiger partial charge in [-0.25, -0.2) is 0 Å². The average Bonchev–Trinajstić information content (AvgIpc) is 2.38. The maximum atomic E-state index is 8.80. The van der Waals surface area contributed by atoms with Crippen molar-refractivity contribution in [3.05, 3.63) is 0 Å². The topological polar surface area (TPSA) is 48.7 Å². The van der Waals surface area contributed by atoms with E-state index in [-0.39, 0.29) is 6.10 Å². The first-order valence-corrected chi connectivity index (χ1v) is 5.92. The number of nitriles is 1. The van der Waals surface area contributed by atoms with Crippen molar-refractivity contribution in [3.8, 4) is 6.07 Å². The van der Waals surface area contributed by atoms with E-state index < -0.39 is 0 Å². The number of rotatable bonds is 3. The van der Waals surface area contributed by atoms with E-state index in [1.807, 2.05) is 0 Å². The van der Waals surface area contributed by atoms with Crippen LogP contribution in [0.1, 0.15) is 0 Å². The first-order valence-electron chi connectivity index (χ1n) is 5.92. The summed E-state index contributed by atoms with van der Waals surface area (Å²) in [7, 11) is 0. The fourth-order valence-electron chi connectivity index (χ4n) is 2.09. The van der Waals surface area contributed by atoms with Crippen molar-refractivity contribution in [1.29, 1.82) is 5.26 Å². The van der Waals surface area contributed by atoms with Gasteiger partial charge in [-0.15, -0.1) is 0 Å². The molecular formula is C11H19N3O2. The summed E-state index contributed by atoms with van der Waals surface area (Å²) in [6.07, 6.45) is -0.238. The van der Waals surface area contributed by atoms with Crippen molar-refractivity contribution in [3.63, 3.8) is 0 Å². The largest absolute Gasteiger partial charge is 0.379 e. The van der Waals surface area contributed by atoms with Crippen LogP contribution in [-0.4, -0.2) is 75.0 Å². The summed E-state index contributed by atoms with van der Waals surface area (Å²) in [6, 6.07) is 2.17. The van der Waals surface area contributed by atoms with Crippen molar-refractivity contribution < 1.29 is 9.47 Å². The highest BCUT2D eigenvalue weighted by Crippen LogP contribution is 2.05. The summed E-state index contributed by atoms with van der Waals surface area (Å²) in [5.74, 6) is 0. The maximum absolute atomic E-state index is 8.80. The van der Waals surface area contributed by atoms with Crippen LogP contribution in [0.25, 0.3) is 0 Å². The van der Waals surface area contributed by atoms with Gasteiger partial charge in [-0.3, -0.25) is 9.80 Å². The van der Waals surface area contributed by atoms with E-state index in [1.54, 1.807) is 0 Å². The fraction of sp³-hybridized carbons (Fsp3) is 0.909. The molecule has 0 N–H and O–H groups in total. The highest BCUT2D eigenvalue weighted by atomic mass is 16.5. The van der Waals surface area contributed by atoms with Crippen molar-refractivity contribution in [2.45, 2.75) is 6.10 Å². The van der Waals surface area contributed by atoms with Crippen LogP contribution >= 0.6 is 0 Å². The minimum atomic E-state index is -0.238. The van der Waals surface area contributed by atoms with Gasteiger partial charge in [0.2, 0.25) is 0 Å². The van der Waals surface area contributed by atoms with E-state index >= 15 is 0 Å². The first kappa shape index (κ1) is 11.8. The van der Waals surface area contributed by atoms with Gasteiger partial charge in [-0.2, -0.15) is 5.26 Å². The van der Waals surface area contributed by atoms with Gasteiger partial charge >= 0.3 is 0 Å². The van der Waals surface area contributed by atoms with E-state index in [9.17, 15) is 0 Å². The molecule has 5 nitrogen and oxygen atoms in total. The average molecular weight is 225 g/mol. The van der Waals surface area contributed by atoms with Crippen molar-refractivity contribution in [2.75, 3.05) is 59.1 Å². The van der Waals surface area contributed by atoms with Crippen LogP contribution in [0.2, 0.25) is 0 Å². The predicted octanol–water partition coefficient (Wildman–Crippen LogP) is -0.457. The monoisotopic (exact) mass is 225 g/mol. The van der Waals surface area contributed by atoms with Gasteiger partial charge in [0, 0.05) is 39.3 Å². The highest BCUT2D eigenvalue weighted by Gasteiger charge is 2.20. The van der Waals surface area contributed by atoms with E-state index in [4.69, 9.17) is 14.7 Å². The van der Waals surface area contributed by atoms with Gasteiger partial charge in [-0.1, -0.05) is 0 Å². The molecule has 2 rings (SSSR count). The lowest BCUT2D eigenvalue weighted by Crippen LogP contribution is -2.46. The summed E-state index contributed by atoms with van der Waals surface area (Å²) in [4.78, 5) is 4.73. The molecule has 16 heavy (non-hydrogen) atoms. The second-order valence-corrected chi connectivity index (χ2v) is 4.24. The summed E-state index contributed by atoms with van der Waals surface area (Å²) >= 11 is 0. The molecule has 0 saturated carbocycles. The number of hydrogen-bond donors (Lipinski definition) is 0. The number of ether oxygens (including phenoxy) is 2. The molecule has 2 aliphatic rings. The third-order valence-electron chi connectivity index (χ3n) is 3.13. The number of nitrogens with zero attached hydrogens (tertiary/aromatic N) is 3. The quantitative estimate of drug-likeness (QED) is 0.650. The van der Waals surface area contributed by atoms with Gasteiger partial charge < -0.3 is 9.47 Å². The van der Waals surface area contributed by atoms with Crippen LogP contribution in [0.5, 0.6) is 0 Å². The minimum Gasteiger partial charge on any atom is -0.379 e. The van der Waals surface area contributed by atoms with Crippen LogP contribution in [0, 0.1) is 11.3 Å². The molecular weight excluding hydrogens is 206 g/mol. The van der Waals surface area contributed by atoms with Gasteiger partial charge in [0.25, 0.3) is 0 Å². The molecule has 0 aromatic carbocycles. The molecule has 0 aromatic rings. The molecule has 2 saturated heterocycles. The van der Waals surface area contributed by atoms with Crippen molar-refractivity contribution >= 4 is 0 Å². The van der Waals surface area contributed by atoms with E-state index in [0.29, 0.717) is 6.61 Å². The standard InChI is InChI=1S/C11H19N3O2/c12-9-11-10-14(5-8-16-11)2-1-13-3-6-15-7-4-13/h11H,1-8,10H2. The molecule has 5 heteroatoms. The normalized spacial score (nSPS) is 28.8. The Hall–Kier alpha value is -0.670. The van der Waals surface area contributed by atoms with E-state index in [1.165, 1.54) is 0 Å². The molecule has 2 heterocycles. The zero-order valence-electron chi connectivity index (χ0n) is 9.60. The zero-order chi connectivity index (χ0) is 11.2. The fourth-order valence-corrected chi connectivity index (χ4v) is 2.09. The molecule has 2 fully saturated rings. The van der Waals surface area contributed by atoms with Crippen molar-refractivity contribution in [1.82, 2.24) is 9.80 Å². The van der Waals surface area contributed by atoms with Gasteiger partial charge in [0.1, 0.15) is 0 Å². The van der Waals surface area contributed by atoms with Crippen LogP contribution in [0.4, 0.5) is 0 Å². The highest BCUT2D eigenvalue weighted by molar-refractivity contribution is 4.89. The Bertz CT molecular complexity index is 248. The first-order chi connectivity index (χ1) is 7.88. The summed E-state index contributed by atoms with van der Waals surface area (Å²) in [5.41, 5.74) is 0. The molecule has 0 aromatic heterocycles. The molecule has 0 radical (unpaired) electrons. The number of hydrogen-bond acceptors (Lipinski definition) is 5. The molecule has 0 spiro atoms. The molecule has 0 aliphatic carbocycles. The van der Waals surface area contributed by atoms with Crippen LogP contribution in [0.15, 0.2) is 0 Å². The Morgan fingerprint density at radius 2 is 1.75 bits per heavy atom. The Balaban J connectivity index is 1.67. The number of morpholine rings is 2. The Morgan fingerprint density at radius 1 is 1.06 bits per heavy atom. The molecule has 2 aliphatic heterocycles. The van der Waals surface area contributed by atoms with E-state index in [0.717, 1.165) is 52.5 Å². The smallest absolute Gasteiger partial charge is 0.156 e. The summed E-state index contributed by atoms with van der Waals surface area (Å²) in [6.45, 7) is 8.25. The second-order valence-electron chi connectivity index (χ2n) is 4.24. The van der Waals surface area contributed by atoms with Gasteiger partial charge in [0.05, 0.1) is 25.9 Å². The maximum Gasteiger partial charge on any atom is 0.156 e. The zero-order valence-corrected chi connectivity index (χ0v) is 9.60. The van der Waals surface area contributed by atoms with E-state index in [2.05, 4.69) is 15.9 Å². The lowest BCUT2D eigenvalue weighted by Gasteiger charge is -2.33. The summed E-state index contributed by atoms with van der Waals surface area (Å²) < 4.78 is 10.6. The SMILES string of the molecule is N#CC1CN(CCN2CCOCC2)CCO1. The third kappa shape index (κ3) is 3.42. The minimum absolute atomic E-state index is 0.238. The van der Waals surface area contributed by atoms with Crippen LogP contribution in [-0.2, 0) is 9.47 Å². The molecule has 0 amide bonds. The summed E-state index contributed by atoms with van der Waals surface area (Å²) in [5, 5.41) is 8.80. The third-order valence-corrected chi connectivity index (χ3v) is 3.13. The second kappa shape index (κ2) is 6.16. The lowest BCUT2D eigenvalue weighted by atomic mass is 10.3. The van der Waals surface area contributed by atoms with Crippen LogP contribution < -0.4 is 0 Å². The molecule has 90 valence electrons. The molecule has 1 atom stereocenters. The Labute approximate surface area is 96.5 Å². The Kier molecular flexibility index (Phi) is 4.55. The van der Waals surface area contributed by atoms with Crippen molar-refractivity contribution in [2.24, 2.45) is 0 Å². The van der Waals surface area contributed by atoms with Gasteiger partial charge in [0.15, 0.2) is 6.10 Å². The van der Waals surface area contributed by atoms with Crippen LogP contribution in [0.3, 0.4) is 0 Å². The van der Waals surface area contributed by atoms with Gasteiger partial charge in [-0.05, 0) is 0 Å².